The first-order valence-electron chi connectivity index (χ1n) is 11.6. The highest BCUT2D eigenvalue weighted by molar-refractivity contribution is 6.33. The van der Waals surface area contributed by atoms with Gasteiger partial charge in [0.15, 0.2) is 0 Å². The highest BCUT2D eigenvalue weighted by Crippen LogP contribution is 2.33. The fourth-order valence-electron chi connectivity index (χ4n) is 5.20. The highest BCUT2D eigenvalue weighted by Gasteiger charge is 2.32. The summed E-state index contributed by atoms with van der Waals surface area (Å²) in [6, 6.07) is 9.15. The molecule has 8 heteroatoms. The number of H-pyrrole nitrogens is 1. The minimum atomic E-state index is -0.0871. The minimum absolute atomic E-state index is 0.0871. The molecule has 1 aromatic carbocycles. The second kappa shape index (κ2) is 9.53. The van der Waals surface area contributed by atoms with Gasteiger partial charge in [0.05, 0.1) is 16.9 Å². The SMILES string of the molecule is C=CC(=O)N[C@H]1CCN([C@@H]2CCC[C@@H](Nc3ncc(Cl)c(-c4c[nH]c5ccccc45)n3)C2)C1. The fourth-order valence-corrected chi connectivity index (χ4v) is 5.39. The van der Waals surface area contributed by atoms with Gasteiger partial charge in [-0.3, -0.25) is 9.69 Å². The van der Waals surface area contributed by atoms with E-state index in [0.717, 1.165) is 60.9 Å². The average molecular weight is 465 g/mol. The van der Waals surface area contributed by atoms with E-state index in [2.05, 4.69) is 38.1 Å². The molecule has 3 atom stereocenters. The number of rotatable bonds is 6. The molecule has 33 heavy (non-hydrogen) atoms. The summed E-state index contributed by atoms with van der Waals surface area (Å²) in [5, 5.41) is 8.23. The van der Waals surface area contributed by atoms with Crippen LogP contribution < -0.4 is 10.6 Å². The topological polar surface area (TPSA) is 85.9 Å². The Kier molecular flexibility index (Phi) is 6.33. The van der Waals surface area contributed by atoms with E-state index in [1.165, 1.54) is 12.5 Å². The van der Waals surface area contributed by atoms with Crippen molar-refractivity contribution in [3.8, 4) is 11.3 Å². The van der Waals surface area contributed by atoms with Crippen LogP contribution in [-0.2, 0) is 4.79 Å². The summed E-state index contributed by atoms with van der Waals surface area (Å²) >= 11 is 6.49. The van der Waals surface area contributed by atoms with E-state index >= 15 is 0 Å². The number of amides is 1. The third-order valence-electron chi connectivity index (χ3n) is 6.84. The van der Waals surface area contributed by atoms with Crippen molar-refractivity contribution >= 4 is 34.4 Å². The molecule has 0 spiro atoms. The van der Waals surface area contributed by atoms with Crippen LogP contribution >= 0.6 is 11.6 Å². The van der Waals surface area contributed by atoms with Crippen LogP contribution in [0.1, 0.15) is 32.1 Å². The Morgan fingerprint density at radius 2 is 2.12 bits per heavy atom. The van der Waals surface area contributed by atoms with Gasteiger partial charge in [-0.2, -0.15) is 0 Å². The van der Waals surface area contributed by atoms with Gasteiger partial charge in [0.1, 0.15) is 0 Å². The summed E-state index contributed by atoms with van der Waals surface area (Å²) in [6.45, 7) is 5.47. The molecule has 1 saturated carbocycles. The number of carbonyl (C=O) groups is 1. The first-order valence-corrected chi connectivity index (χ1v) is 12.0. The van der Waals surface area contributed by atoms with E-state index in [1.54, 1.807) is 6.20 Å². The van der Waals surface area contributed by atoms with Crippen LogP contribution in [0.2, 0.25) is 5.02 Å². The number of nitrogens with zero attached hydrogens (tertiary/aromatic N) is 3. The summed E-state index contributed by atoms with van der Waals surface area (Å²) < 4.78 is 0. The molecule has 1 saturated heterocycles. The number of likely N-dealkylation sites (tertiary alicyclic amines) is 1. The normalized spacial score (nSPS) is 23.5. The van der Waals surface area contributed by atoms with Crippen LogP contribution in [0, 0.1) is 0 Å². The molecule has 2 aliphatic rings. The zero-order valence-electron chi connectivity index (χ0n) is 18.6. The van der Waals surface area contributed by atoms with Crippen molar-refractivity contribution in [3.63, 3.8) is 0 Å². The maximum atomic E-state index is 11.6. The number of halogens is 1. The van der Waals surface area contributed by atoms with Gasteiger partial charge in [0, 0.05) is 53.9 Å². The van der Waals surface area contributed by atoms with Crippen molar-refractivity contribution in [2.75, 3.05) is 18.4 Å². The number of para-hydroxylation sites is 1. The van der Waals surface area contributed by atoms with Gasteiger partial charge in [0.25, 0.3) is 0 Å². The second-order valence-corrected chi connectivity index (χ2v) is 9.40. The number of fused-ring (bicyclic) bond motifs is 1. The highest BCUT2D eigenvalue weighted by atomic mass is 35.5. The van der Waals surface area contributed by atoms with Gasteiger partial charge in [-0.15, -0.1) is 0 Å². The standard InChI is InChI=1S/C25H29ClN6O/c1-2-23(33)29-17-10-11-32(15-17)18-7-5-6-16(12-18)30-25-28-14-21(26)24(31-25)20-13-27-22-9-4-3-8-19(20)22/h2-4,8-9,13-14,16-18,27H,1,5-7,10-12,15H2,(H,29,33)(H,28,30,31)/t16-,17+,18-/m1/s1. The number of benzene rings is 1. The van der Waals surface area contributed by atoms with E-state index < -0.39 is 0 Å². The monoisotopic (exact) mass is 464 g/mol. The van der Waals surface area contributed by atoms with Gasteiger partial charge >= 0.3 is 0 Å². The number of anilines is 1. The molecule has 0 unspecified atom stereocenters. The van der Waals surface area contributed by atoms with Gasteiger partial charge in [0.2, 0.25) is 11.9 Å². The van der Waals surface area contributed by atoms with Crippen LogP contribution in [0.3, 0.4) is 0 Å². The fraction of sp³-hybridized carbons (Fsp3) is 0.400. The van der Waals surface area contributed by atoms with E-state index in [9.17, 15) is 4.79 Å². The summed E-state index contributed by atoms with van der Waals surface area (Å²) in [5.74, 6) is 0.527. The molecule has 172 valence electrons. The number of aromatic nitrogens is 3. The Balaban J connectivity index is 1.27. The van der Waals surface area contributed by atoms with Gasteiger partial charge in [-0.05, 0) is 44.2 Å². The van der Waals surface area contributed by atoms with Gasteiger partial charge < -0.3 is 15.6 Å². The van der Waals surface area contributed by atoms with E-state index in [0.29, 0.717) is 23.1 Å². The third kappa shape index (κ3) is 4.75. The number of hydrogen-bond acceptors (Lipinski definition) is 5. The van der Waals surface area contributed by atoms with Gasteiger partial charge in [-0.1, -0.05) is 36.4 Å². The molecule has 5 rings (SSSR count). The lowest BCUT2D eigenvalue weighted by molar-refractivity contribution is -0.117. The van der Waals surface area contributed by atoms with Crippen LogP contribution in [0.5, 0.6) is 0 Å². The summed E-state index contributed by atoms with van der Waals surface area (Å²) in [6.07, 6.45) is 10.4. The molecule has 7 nitrogen and oxygen atoms in total. The lowest BCUT2D eigenvalue weighted by atomic mass is 9.90. The quantitative estimate of drug-likeness (QED) is 0.471. The van der Waals surface area contributed by atoms with E-state index in [-0.39, 0.29) is 11.9 Å². The summed E-state index contributed by atoms with van der Waals surface area (Å²) in [5.41, 5.74) is 2.77. The Hall–Kier alpha value is -2.90. The Labute approximate surface area is 198 Å². The minimum Gasteiger partial charge on any atom is -0.360 e. The zero-order chi connectivity index (χ0) is 22.8. The lowest BCUT2D eigenvalue weighted by Gasteiger charge is -2.35. The van der Waals surface area contributed by atoms with Gasteiger partial charge in [-0.25, -0.2) is 9.97 Å². The van der Waals surface area contributed by atoms with E-state index in [1.807, 2.05) is 24.4 Å². The number of hydrogen-bond donors (Lipinski definition) is 3. The Morgan fingerprint density at radius 1 is 1.24 bits per heavy atom. The van der Waals surface area contributed by atoms with Crippen molar-refractivity contribution in [3.05, 3.63) is 54.3 Å². The molecule has 3 N–H and O–H groups in total. The van der Waals surface area contributed by atoms with Crippen LogP contribution in [0.15, 0.2) is 49.3 Å². The van der Waals surface area contributed by atoms with Crippen molar-refractivity contribution in [2.24, 2.45) is 0 Å². The maximum absolute atomic E-state index is 11.6. The summed E-state index contributed by atoms with van der Waals surface area (Å²) in [4.78, 5) is 26.7. The van der Waals surface area contributed by atoms with Crippen LogP contribution in [-0.4, -0.2) is 57.0 Å². The van der Waals surface area contributed by atoms with Crippen molar-refractivity contribution in [1.82, 2.24) is 25.2 Å². The average Bonchev–Trinajstić information content (AvgIpc) is 3.48. The molecule has 2 fully saturated rings. The Morgan fingerprint density at radius 3 is 3.00 bits per heavy atom. The molecule has 3 aromatic rings. The molecule has 0 bridgehead atoms. The smallest absolute Gasteiger partial charge is 0.243 e. The molecule has 0 radical (unpaired) electrons. The zero-order valence-corrected chi connectivity index (χ0v) is 19.3. The van der Waals surface area contributed by atoms with Crippen LogP contribution in [0.25, 0.3) is 22.2 Å². The first kappa shape index (κ1) is 21.9. The predicted molar refractivity (Wildman–Crippen MR) is 132 cm³/mol. The van der Waals surface area contributed by atoms with Crippen molar-refractivity contribution in [2.45, 2.75) is 50.2 Å². The molecule has 1 aliphatic carbocycles. The lowest BCUT2D eigenvalue weighted by Crippen LogP contribution is -2.43. The molecule has 1 amide bonds. The summed E-state index contributed by atoms with van der Waals surface area (Å²) in [7, 11) is 0. The maximum Gasteiger partial charge on any atom is 0.243 e. The molecular weight excluding hydrogens is 436 g/mol. The largest absolute Gasteiger partial charge is 0.360 e. The molecule has 3 heterocycles. The number of carbonyl (C=O) groups excluding carboxylic acids is 1. The molecule has 1 aliphatic heterocycles. The molecular formula is C25H29ClN6O. The number of nitrogens with one attached hydrogen (secondary N) is 3. The first-order chi connectivity index (χ1) is 16.1. The predicted octanol–water partition coefficient (Wildman–Crippen LogP) is 4.38. The number of aromatic amines is 1. The third-order valence-corrected chi connectivity index (χ3v) is 7.11. The van der Waals surface area contributed by atoms with Crippen LogP contribution in [0.4, 0.5) is 5.95 Å². The van der Waals surface area contributed by atoms with Crippen molar-refractivity contribution in [1.29, 1.82) is 0 Å². The Bertz CT molecular complexity index is 1160. The van der Waals surface area contributed by atoms with E-state index in [4.69, 9.17) is 16.6 Å². The van der Waals surface area contributed by atoms with Crippen molar-refractivity contribution < 1.29 is 4.79 Å². The second-order valence-electron chi connectivity index (χ2n) is 8.99. The molecule has 2 aromatic heterocycles.